The number of urea groups is 1. The van der Waals surface area contributed by atoms with Gasteiger partial charge in [-0.1, -0.05) is 17.8 Å². The Morgan fingerprint density at radius 2 is 2.00 bits per heavy atom. The summed E-state index contributed by atoms with van der Waals surface area (Å²) in [5, 5.41) is -0.482. The number of halogens is 3. The number of allylic oxidation sites excluding steroid dienone is 1. The van der Waals surface area contributed by atoms with Crippen molar-refractivity contribution in [2.24, 2.45) is 17.4 Å². The predicted octanol–water partition coefficient (Wildman–Crippen LogP) is 3.20. The van der Waals surface area contributed by atoms with Gasteiger partial charge < -0.3 is 21.7 Å². The molecule has 26 heavy (non-hydrogen) atoms. The minimum absolute atomic E-state index is 0.150. The van der Waals surface area contributed by atoms with Gasteiger partial charge in [0.05, 0.1) is 5.70 Å². The molecule has 0 spiro atoms. The Bertz CT molecular complexity index is 688. The van der Waals surface area contributed by atoms with Gasteiger partial charge in [-0.05, 0) is 43.3 Å². The summed E-state index contributed by atoms with van der Waals surface area (Å²) in [7, 11) is 0. The molecular formula is C17H21F3N4OS. The van der Waals surface area contributed by atoms with Gasteiger partial charge in [0, 0.05) is 30.1 Å². The average Bonchev–Trinajstić information content (AvgIpc) is 2.61. The molecule has 1 heterocycles. The van der Waals surface area contributed by atoms with Crippen LogP contribution in [0.4, 0.5) is 18.0 Å². The first-order valence-corrected chi connectivity index (χ1v) is 8.86. The number of nitrogens with zero attached hydrogens (tertiary/aromatic N) is 1. The van der Waals surface area contributed by atoms with Crippen LogP contribution in [0.5, 0.6) is 0 Å². The summed E-state index contributed by atoms with van der Waals surface area (Å²) in [5.41, 5.74) is 10.9. The van der Waals surface area contributed by atoms with E-state index in [1.165, 1.54) is 41.6 Å². The number of likely N-dealkylation sites (tertiary alicyclic amines) is 1. The fourth-order valence-corrected chi connectivity index (χ4v) is 3.67. The Morgan fingerprint density at radius 3 is 2.58 bits per heavy atom. The van der Waals surface area contributed by atoms with E-state index >= 15 is 0 Å². The summed E-state index contributed by atoms with van der Waals surface area (Å²) in [6.45, 7) is 0.389. The molecule has 5 N–H and O–H groups in total. The van der Waals surface area contributed by atoms with Gasteiger partial charge in [-0.2, -0.15) is 8.78 Å². The first kappa shape index (κ1) is 20.0. The number of carbonyl (C=O) groups is 1. The van der Waals surface area contributed by atoms with Crippen LogP contribution in [0.15, 0.2) is 53.3 Å². The molecule has 2 rings (SSSR count). The minimum Gasteiger partial charge on any atom is -0.405 e. The number of alkyl halides is 2. The third-order valence-electron chi connectivity index (χ3n) is 4.01. The van der Waals surface area contributed by atoms with Crippen LogP contribution in [-0.4, -0.2) is 29.3 Å². The number of amides is 2. The monoisotopic (exact) mass is 386 g/mol. The number of benzene rings is 1. The molecule has 1 fully saturated rings. The zero-order chi connectivity index (χ0) is 19.2. The largest absolute Gasteiger partial charge is 0.405 e. The van der Waals surface area contributed by atoms with E-state index in [0.717, 1.165) is 6.07 Å². The molecule has 2 amide bonds. The molecule has 0 atom stereocenters. The predicted molar refractivity (Wildman–Crippen MR) is 95.6 cm³/mol. The number of piperidine rings is 1. The maximum Gasteiger partial charge on any atom is 0.321 e. The Morgan fingerprint density at radius 1 is 1.31 bits per heavy atom. The molecule has 5 nitrogen and oxygen atoms in total. The lowest BCUT2D eigenvalue weighted by Gasteiger charge is -2.35. The fraction of sp³-hybridized carbons (Fsp3) is 0.353. The molecule has 142 valence electrons. The van der Waals surface area contributed by atoms with Crippen molar-refractivity contribution >= 4 is 17.8 Å². The Labute approximate surface area is 154 Å². The summed E-state index contributed by atoms with van der Waals surface area (Å²) in [5.74, 6) is -1.44. The smallest absolute Gasteiger partial charge is 0.321 e. The van der Waals surface area contributed by atoms with Crippen LogP contribution in [-0.2, 0) is 0 Å². The lowest BCUT2D eigenvalue weighted by Crippen LogP contribution is -2.46. The number of rotatable bonds is 5. The highest BCUT2D eigenvalue weighted by Crippen LogP contribution is 2.45. The summed E-state index contributed by atoms with van der Waals surface area (Å²) >= 11 is 0.356. The van der Waals surface area contributed by atoms with Crippen molar-refractivity contribution in [2.75, 3.05) is 13.1 Å². The zero-order valence-electron chi connectivity index (χ0n) is 14.0. The minimum atomic E-state index is -3.04. The Balaban J connectivity index is 1.91. The van der Waals surface area contributed by atoms with E-state index < -0.39 is 23.0 Å². The molecule has 1 aromatic rings. The second kappa shape index (κ2) is 8.88. The number of carbonyl (C=O) groups excluding carboxylic acids is 1. The highest BCUT2D eigenvalue weighted by molar-refractivity contribution is 8.00. The van der Waals surface area contributed by atoms with E-state index in [9.17, 15) is 18.0 Å². The van der Waals surface area contributed by atoms with Gasteiger partial charge in [-0.25, -0.2) is 9.18 Å². The van der Waals surface area contributed by atoms with Crippen molar-refractivity contribution in [2.45, 2.75) is 23.0 Å². The van der Waals surface area contributed by atoms with Crippen molar-refractivity contribution in [3.8, 4) is 0 Å². The molecule has 0 aliphatic carbocycles. The van der Waals surface area contributed by atoms with Crippen LogP contribution < -0.4 is 16.8 Å². The molecule has 1 aliphatic heterocycles. The van der Waals surface area contributed by atoms with Crippen molar-refractivity contribution in [1.82, 2.24) is 10.2 Å². The first-order valence-electron chi connectivity index (χ1n) is 8.04. The number of thioether (sulfide) groups is 1. The van der Waals surface area contributed by atoms with Gasteiger partial charge in [0.15, 0.2) is 0 Å². The van der Waals surface area contributed by atoms with E-state index in [0.29, 0.717) is 17.5 Å². The quantitative estimate of drug-likeness (QED) is 0.536. The maximum absolute atomic E-state index is 14.5. The normalized spacial score (nSPS) is 16.9. The molecule has 1 aliphatic rings. The molecule has 1 saturated heterocycles. The molecule has 0 radical (unpaired) electrons. The van der Waals surface area contributed by atoms with Gasteiger partial charge in [0.25, 0.3) is 0 Å². The van der Waals surface area contributed by atoms with E-state index in [1.54, 1.807) is 0 Å². The van der Waals surface area contributed by atoms with Crippen molar-refractivity contribution < 1.29 is 18.0 Å². The van der Waals surface area contributed by atoms with Crippen molar-refractivity contribution in [3.63, 3.8) is 0 Å². The fourth-order valence-electron chi connectivity index (χ4n) is 2.63. The molecule has 0 aromatic heterocycles. The highest BCUT2D eigenvalue weighted by atomic mass is 32.2. The molecular weight excluding hydrogens is 365 g/mol. The number of nitrogens with one attached hydrogen (secondary N) is 1. The Kier molecular flexibility index (Phi) is 6.84. The van der Waals surface area contributed by atoms with Crippen LogP contribution in [0, 0.1) is 11.7 Å². The standard InChI is InChI=1S/C17H21F3N4OS/c18-13-2-1-3-15(10-13)26-17(19,20)12-5-8-24(9-6-12)16(25)23-14(11-22)4-7-21/h1-4,7,10-12H,5-6,8-9,21-22H2,(H,23,25)/b7-4-,14-11+. The summed E-state index contributed by atoms with van der Waals surface area (Å²) < 4.78 is 42.2. The average molecular weight is 386 g/mol. The topological polar surface area (TPSA) is 84.4 Å². The molecule has 1 aromatic carbocycles. The second-order valence-corrected chi connectivity index (χ2v) is 7.01. The molecule has 0 saturated carbocycles. The van der Waals surface area contributed by atoms with Crippen LogP contribution in [0.1, 0.15) is 12.8 Å². The maximum atomic E-state index is 14.5. The lowest BCUT2D eigenvalue weighted by molar-refractivity contribution is 0.00934. The van der Waals surface area contributed by atoms with Crippen molar-refractivity contribution in [1.29, 1.82) is 0 Å². The van der Waals surface area contributed by atoms with Crippen LogP contribution in [0.2, 0.25) is 0 Å². The van der Waals surface area contributed by atoms with Crippen LogP contribution in [0.25, 0.3) is 0 Å². The van der Waals surface area contributed by atoms with Gasteiger partial charge in [0.2, 0.25) is 0 Å². The number of nitrogens with two attached hydrogens (primary N) is 2. The molecule has 9 heteroatoms. The van der Waals surface area contributed by atoms with Crippen molar-refractivity contribution in [3.05, 3.63) is 54.3 Å². The van der Waals surface area contributed by atoms with Crippen LogP contribution in [0.3, 0.4) is 0 Å². The zero-order valence-corrected chi connectivity index (χ0v) is 14.8. The van der Waals surface area contributed by atoms with E-state index in [1.807, 2.05) is 0 Å². The summed E-state index contributed by atoms with van der Waals surface area (Å²) in [4.78, 5) is 13.8. The van der Waals surface area contributed by atoms with E-state index in [2.05, 4.69) is 5.32 Å². The number of hydrogen-bond donors (Lipinski definition) is 3. The summed E-state index contributed by atoms with van der Waals surface area (Å²) in [6, 6.07) is 4.74. The SMILES string of the molecule is N/C=C\C(=C/N)NC(=O)N1CCC(C(F)(F)Sc2cccc(F)c2)CC1. The van der Waals surface area contributed by atoms with E-state index in [4.69, 9.17) is 11.5 Å². The van der Waals surface area contributed by atoms with Gasteiger partial charge in [0.1, 0.15) is 5.82 Å². The van der Waals surface area contributed by atoms with E-state index in [-0.39, 0.29) is 30.8 Å². The molecule has 0 bridgehead atoms. The second-order valence-electron chi connectivity index (χ2n) is 5.79. The lowest BCUT2D eigenvalue weighted by atomic mass is 9.97. The Hall–Kier alpha value is -2.29. The third kappa shape index (κ3) is 5.35. The van der Waals surface area contributed by atoms with Gasteiger partial charge in [-0.3, -0.25) is 0 Å². The highest BCUT2D eigenvalue weighted by Gasteiger charge is 2.42. The number of hydrogen-bond acceptors (Lipinski definition) is 4. The van der Waals surface area contributed by atoms with Gasteiger partial charge >= 0.3 is 11.3 Å². The third-order valence-corrected chi connectivity index (χ3v) is 5.11. The first-order chi connectivity index (χ1) is 12.4. The van der Waals surface area contributed by atoms with Crippen LogP contribution >= 0.6 is 11.8 Å². The molecule has 0 unspecified atom stereocenters. The van der Waals surface area contributed by atoms with Gasteiger partial charge in [-0.15, -0.1) is 0 Å². The summed E-state index contributed by atoms with van der Waals surface area (Å²) in [6.07, 6.45) is 4.15.